The van der Waals surface area contributed by atoms with E-state index in [-0.39, 0.29) is 16.9 Å². The van der Waals surface area contributed by atoms with Crippen molar-refractivity contribution in [3.8, 4) is 0 Å². The SMILES string of the molecule is C[C@]12CC[C@@H]3[C@H](CCC4=CC(=NOCC(=O)N[C@H](CC(N)=O)C(=O)O)CC[C@@]43C)[C@@H]1CC[C@@H]2O. The highest BCUT2D eigenvalue weighted by atomic mass is 16.6. The fourth-order valence-corrected chi connectivity index (χ4v) is 7.43. The number of hydrogen-bond donors (Lipinski definition) is 4. The Kier molecular flexibility index (Phi) is 6.77. The van der Waals surface area contributed by atoms with Crippen molar-refractivity contribution in [1.29, 1.82) is 0 Å². The van der Waals surface area contributed by atoms with Crippen LogP contribution in [0.4, 0.5) is 0 Å². The predicted molar refractivity (Wildman–Crippen MR) is 124 cm³/mol. The molecule has 34 heavy (non-hydrogen) atoms. The lowest BCUT2D eigenvalue weighted by molar-refractivity contribution is -0.144. The number of aliphatic hydroxyl groups excluding tert-OH is 1. The van der Waals surface area contributed by atoms with Crippen LogP contribution in [0.5, 0.6) is 0 Å². The number of carboxylic acids is 1. The second-order valence-electron chi connectivity index (χ2n) is 11.1. The maximum atomic E-state index is 12.0. The number of oxime groups is 1. The van der Waals surface area contributed by atoms with E-state index in [2.05, 4.69) is 30.4 Å². The van der Waals surface area contributed by atoms with Crippen LogP contribution in [0, 0.1) is 28.6 Å². The van der Waals surface area contributed by atoms with Crippen molar-refractivity contribution < 1.29 is 29.4 Å². The van der Waals surface area contributed by atoms with Gasteiger partial charge in [-0.05, 0) is 86.0 Å². The van der Waals surface area contributed by atoms with Gasteiger partial charge in [0.25, 0.3) is 5.91 Å². The molecule has 0 spiro atoms. The number of carboxylic acid groups (broad SMARTS) is 1. The lowest BCUT2D eigenvalue weighted by Gasteiger charge is -2.57. The zero-order valence-corrected chi connectivity index (χ0v) is 20.1. The fourth-order valence-electron chi connectivity index (χ4n) is 7.43. The Bertz CT molecular complexity index is 916. The van der Waals surface area contributed by atoms with Crippen molar-refractivity contribution >= 4 is 23.5 Å². The second-order valence-corrected chi connectivity index (χ2v) is 11.1. The summed E-state index contributed by atoms with van der Waals surface area (Å²) in [4.78, 5) is 39.3. The van der Waals surface area contributed by atoms with E-state index in [4.69, 9.17) is 15.7 Å². The molecule has 0 saturated heterocycles. The Labute approximate surface area is 200 Å². The number of aliphatic hydroxyl groups is 1. The smallest absolute Gasteiger partial charge is 0.326 e. The number of primary amides is 1. The van der Waals surface area contributed by atoms with Crippen LogP contribution >= 0.6 is 0 Å². The van der Waals surface area contributed by atoms with Gasteiger partial charge in [-0.15, -0.1) is 0 Å². The van der Waals surface area contributed by atoms with E-state index in [0.29, 0.717) is 17.8 Å². The van der Waals surface area contributed by atoms with Gasteiger partial charge in [0, 0.05) is 0 Å². The highest BCUT2D eigenvalue weighted by Gasteiger charge is 2.58. The number of nitrogens with two attached hydrogens (primary N) is 1. The average molecular weight is 476 g/mol. The number of carbonyl (C=O) groups excluding carboxylic acids is 2. The average Bonchev–Trinajstić information content (AvgIpc) is 3.07. The van der Waals surface area contributed by atoms with Gasteiger partial charge in [0.05, 0.1) is 18.2 Å². The van der Waals surface area contributed by atoms with Gasteiger partial charge in [-0.25, -0.2) is 4.79 Å². The molecule has 0 heterocycles. The third-order valence-electron chi connectivity index (χ3n) is 9.34. The Morgan fingerprint density at radius 3 is 2.65 bits per heavy atom. The molecule has 0 radical (unpaired) electrons. The van der Waals surface area contributed by atoms with Crippen molar-refractivity contribution in [2.45, 2.75) is 83.8 Å². The minimum atomic E-state index is -1.38. The molecule has 0 aromatic heterocycles. The minimum Gasteiger partial charge on any atom is -0.480 e. The summed E-state index contributed by atoms with van der Waals surface area (Å²) < 4.78 is 0. The largest absolute Gasteiger partial charge is 0.480 e. The lowest BCUT2D eigenvalue weighted by Crippen LogP contribution is -2.51. The Hall–Kier alpha value is -2.42. The van der Waals surface area contributed by atoms with E-state index in [9.17, 15) is 19.5 Å². The molecule has 7 atom stereocenters. The molecule has 3 saturated carbocycles. The van der Waals surface area contributed by atoms with Gasteiger partial charge in [-0.2, -0.15) is 0 Å². The number of hydrogen-bond acceptors (Lipinski definition) is 6. The summed E-state index contributed by atoms with van der Waals surface area (Å²) in [6.45, 7) is 4.25. The zero-order valence-electron chi connectivity index (χ0n) is 20.1. The quantitative estimate of drug-likeness (QED) is 0.414. The monoisotopic (exact) mass is 475 g/mol. The third kappa shape index (κ3) is 4.46. The number of carbonyl (C=O) groups is 3. The number of fused-ring (bicyclic) bond motifs is 5. The van der Waals surface area contributed by atoms with Crippen LogP contribution in [0.1, 0.15) is 71.6 Å². The topological polar surface area (TPSA) is 151 Å². The van der Waals surface area contributed by atoms with Crippen molar-refractivity contribution in [2.24, 2.45) is 39.5 Å². The molecule has 5 N–H and O–H groups in total. The molecule has 2 amide bonds. The number of nitrogens with zero attached hydrogens (tertiary/aromatic N) is 1. The van der Waals surface area contributed by atoms with Gasteiger partial charge in [-0.3, -0.25) is 9.59 Å². The van der Waals surface area contributed by atoms with Gasteiger partial charge in [0.1, 0.15) is 6.04 Å². The molecule has 4 aliphatic rings. The van der Waals surface area contributed by atoms with Crippen LogP contribution in [-0.4, -0.2) is 52.5 Å². The number of nitrogens with one attached hydrogen (secondary N) is 1. The third-order valence-corrected chi connectivity index (χ3v) is 9.34. The summed E-state index contributed by atoms with van der Waals surface area (Å²) in [5.41, 5.74) is 7.43. The first-order valence-electron chi connectivity index (χ1n) is 12.4. The Balaban J connectivity index is 1.37. The number of aliphatic carboxylic acids is 1. The molecule has 9 heteroatoms. The first-order valence-corrected chi connectivity index (χ1v) is 12.4. The van der Waals surface area contributed by atoms with Gasteiger partial charge >= 0.3 is 5.97 Å². The van der Waals surface area contributed by atoms with Crippen LogP contribution in [0.15, 0.2) is 16.8 Å². The second kappa shape index (κ2) is 9.32. The molecule has 0 bridgehead atoms. The molecule has 0 aromatic rings. The maximum absolute atomic E-state index is 12.0. The van der Waals surface area contributed by atoms with Gasteiger partial charge in [0.2, 0.25) is 5.91 Å². The molecule has 4 rings (SSSR count). The fraction of sp³-hybridized carbons (Fsp3) is 0.760. The summed E-state index contributed by atoms with van der Waals surface area (Å²) in [6, 6.07) is -1.38. The molecule has 0 aromatic carbocycles. The summed E-state index contributed by atoms with van der Waals surface area (Å²) >= 11 is 0. The summed E-state index contributed by atoms with van der Waals surface area (Å²) in [5, 5.41) is 26.1. The maximum Gasteiger partial charge on any atom is 0.326 e. The van der Waals surface area contributed by atoms with E-state index in [0.717, 1.165) is 57.1 Å². The van der Waals surface area contributed by atoms with Crippen LogP contribution < -0.4 is 11.1 Å². The normalized spacial score (nSPS) is 38.7. The highest BCUT2D eigenvalue weighted by molar-refractivity contribution is 5.96. The van der Waals surface area contributed by atoms with E-state index in [1.165, 1.54) is 5.57 Å². The van der Waals surface area contributed by atoms with Crippen LogP contribution in [0.3, 0.4) is 0 Å². The van der Waals surface area contributed by atoms with E-state index in [1.54, 1.807) is 0 Å². The highest BCUT2D eigenvalue weighted by Crippen LogP contribution is 2.65. The Morgan fingerprint density at radius 2 is 1.94 bits per heavy atom. The number of rotatable bonds is 7. The molecular formula is C25H37N3O6. The van der Waals surface area contributed by atoms with E-state index >= 15 is 0 Å². The number of amides is 2. The minimum absolute atomic E-state index is 0.0749. The molecule has 4 aliphatic carbocycles. The van der Waals surface area contributed by atoms with Gasteiger partial charge in [-0.1, -0.05) is 24.6 Å². The summed E-state index contributed by atoms with van der Waals surface area (Å²) in [7, 11) is 0. The number of allylic oxidation sites excluding steroid dienone is 2. The first kappa shape index (κ1) is 24.7. The first-order chi connectivity index (χ1) is 16.0. The van der Waals surface area contributed by atoms with Gasteiger partial charge < -0.3 is 26.1 Å². The molecule has 0 unspecified atom stereocenters. The van der Waals surface area contributed by atoms with Crippen LogP contribution in [0.25, 0.3) is 0 Å². The van der Waals surface area contributed by atoms with E-state index < -0.39 is 36.9 Å². The van der Waals surface area contributed by atoms with Crippen molar-refractivity contribution in [1.82, 2.24) is 5.32 Å². The molecular weight excluding hydrogens is 438 g/mol. The molecule has 0 aliphatic heterocycles. The van der Waals surface area contributed by atoms with Crippen molar-refractivity contribution in [3.05, 3.63) is 11.6 Å². The summed E-state index contributed by atoms with van der Waals surface area (Å²) in [6.07, 6.45) is 9.71. The standard InChI is InChI=1S/C25H37N3O6/c1-24-9-7-15(28-34-13-22(31)27-19(23(32)33)12-21(26)30)11-14(24)3-4-16-17-5-6-20(29)25(17,2)10-8-18(16)24/h11,16-20,29H,3-10,12-13H2,1-2H3,(H2,26,30)(H,27,31)(H,32,33)/t16-,17+,18-,19-,20+,24+,25+/m1/s1. The van der Waals surface area contributed by atoms with Crippen LogP contribution in [-0.2, 0) is 19.2 Å². The zero-order chi connectivity index (χ0) is 24.7. The van der Waals surface area contributed by atoms with Crippen molar-refractivity contribution in [2.75, 3.05) is 6.61 Å². The van der Waals surface area contributed by atoms with Crippen molar-refractivity contribution in [3.63, 3.8) is 0 Å². The predicted octanol–water partition coefficient (Wildman–Crippen LogP) is 2.13. The Morgan fingerprint density at radius 1 is 1.18 bits per heavy atom. The van der Waals surface area contributed by atoms with Gasteiger partial charge in [0.15, 0.2) is 6.61 Å². The van der Waals surface area contributed by atoms with E-state index in [1.807, 2.05) is 0 Å². The molecule has 9 nitrogen and oxygen atoms in total. The molecule has 3 fully saturated rings. The van der Waals surface area contributed by atoms with Crippen LogP contribution in [0.2, 0.25) is 0 Å². The lowest BCUT2D eigenvalue weighted by atomic mass is 9.47. The molecule has 188 valence electrons. The summed E-state index contributed by atoms with van der Waals surface area (Å²) in [5.74, 6) is -0.911.